The van der Waals surface area contributed by atoms with E-state index in [0.717, 1.165) is 25.7 Å². The molecular weight excluding hydrogens is 492 g/mol. The zero-order chi connectivity index (χ0) is 28.0. The molecule has 212 valence electrons. The molecule has 1 aliphatic rings. The van der Waals surface area contributed by atoms with Crippen LogP contribution < -0.4 is 10.4 Å². The van der Waals surface area contributed by atoms with Crippen molar-refractivity contribution in [2.24, 2.45) is 5.41 Å². The normalized spacial score (nSPS) is 17.4. The van der Waals surface area contributed by atoms with Crippen LogP contribution in [0.2, 0.25) is 5.04 Å². The molecule has 2 aromatic carbocycles. The maximum atomic E-state index is 10.1. The van der Waals surface area contributed by atoms with Crippen LogP contribution in [-0.4, -0.2) is 26.1 Å². The van der Waals surface area contributed by atoms with Gasteiger partial charge in [-0.3, -0.25) is 0 Å². The van der Waals surface area contributed by atoms with Crippen LogP contribution >= 0.6 is 0 Å². The second-order valence-electron chi connectivity index (χ2n) is 12.3. The zero-order valence-electron chi connectivity index (χ0n) is 24.9. The monoisotopic (exact) mass is 544 g/mol. The van der Waals surface area contributed by atoms with Gasteiger partial charge in [0.25, 0.3) is 8.32 Å². The van der Waals surface area contributed by atoms with E-state index in [-0.39, 0.29) is 23.2 Å². The Morgan fingerprint density at radius 1 is 0.872 bits per heavy atom. The maximum Gasteiger partial charge on any atom is 0.261 e. The lowest BCUT2D eigenvalue weighted by Gasteiger charge is -2.44. The number of hydrogen-bond donors (Lipinski definition) is 1. The van der Waals surface area contributed by atoms with E-state index in [9.17, 15) is 5.11 Å². The van der Waals surface area contributed by atoms with Crippen LogP contribution in [0.1, 0.15) is 91.9 Å². The first kappa shape index (κ1) is 31.3. The van der Waals surface area contributed by atoms with Crippen LogP contribution in [0.5, 0.6) is 0 Å². The predicted molar refractivity (Wildman–Crippen MR) is 171 cm³/mol. The maximum absolute atomic E-state index is 10.1. The van der Waals surface area contributed by atoms with Crippen LogP contribution in [0.25, 0.3) is 0 Å². The number of allylic oxidation sites excluding steroid dienone is 3. The number of aliphatic hydroxyl groups excluding tert-OH is 1. The van der Waals surface area contributed by atoms with E-state index in [2.05, 4.69) is 125 Å². The van der Waals surface area contributed by atoms with Gasteiger partial charge in [-0.15, -0.1) is 0 Å². The number of unbranched alkanes of at least 4 members (excludes halogenated alkanes) is 3. The Bertz CT molecular complexity index is 987. The molecule has 2 aromatic rings. The number of aliphatic hydroxyl groups is 1. The van der Waals surface area contributed by atoms with E-state index in [1.54, 1.807) is 0 Å². The highest BCUT2D eigenvalue weighted by Gasteiger charge is 2.51. The molecule has 1 saturated carbocycles. The van der Waals surface area contributed by atoms with Crippen LogP contribution in [0, 0.1) is 5.41 Å². The van der Waals surface area contributed by atoms with Gasteiger partial charge in [-0.05, 0) is 47.5 Å². The van der Waals surface area contributed by atoms with Crippen molar-refractivity contribution in [2.75, 3.05) is 6.61 Å². The molecule has 0 radical (unpaired) electrons. The standard InChI is InChI=1S/C36H52O2Si/c1-5-6-7-8-9-13-22-32(23-18-21-30-36(31-37)28-19-12-20-29-36)38-39(35(2,3)4,33-24-14-10-15-25-33)34-26-16-11-17-27-34/h9-11,13-18,21,23-27,30,32,37H,5-8,12,19-20,22,28-29,31H2,1-4H3. The van der Waals surface area contributed by atoms with Crippen molar-refractivity contribution < 1.29 is 9.53 Å². The molecule has 1 fully saturated rings. The topological polar surface area (TPSA) is 29.5 Å². The van der Waals surface area contributed by atoms with Crippen molar-refractivity contribution in [1.82, 2.24) is 0 Å². The minimum absolute atomic E-state index is 0.0418. The molecule has 0 amide bonds. The van der Waals surface area contributed by atoms with E-state index >= 15 is 0 Å². The molecule has 1 aliphatic carbocycles. The minimum Gasteiger partial charge on any atom is -0.401 e. The summed E-state index contributed by atoms with van der Waals surface area (Å²) < 4.78 is 7.46. The summed E-state index contributed by atoms with van der Waals surface area (Å²) in [6, 6.07) is 21.8. The van der Waals surface area contributed by atoms with Gasteiger partial charge in [-0.2, -0.15) is 0 Å². The number of benzene rings is 2. The van der Waals surface area contributed by atoms with E-state index in [1.807, 2.05) is 0 Å². The summed E-state index contributed by atoms with van der Waals surface area (Å²) >= 11 is 0. The summed E-state index contributed by atoms with van der Waals surface area (Å²) in [5, 5.41) is 12.7. The fourth-order valence-corrected chi connectivity index (χ4v) is 10.7. The fourth-order valence-electron chi connectivity index (χ4n) is 6.03. The van der Waals surface area contributed by atoms with Crippen molar-refractivity contribution in [2.45, 2.75) is 103 Å². The molecule has 3 rings (SSSR count). The number of hydrogen-bond acceptors (Lipinski definition) is 2. The summed E-state index contributed by atoms with van der Waals surface area (Å²) in [6.07, 6.45) is 25.1. The van der Waals surface area contributed by atoms with E-state index in [1.165, 1.54) is 48.9 Å². The summed E-state index contributed by atoms with van der Waals surface area (Å²) in [7, 11) is -2.66. The van der Waals surface area contributed by atoms with Crippen LogP contribution in [0.4, 0.5) is 0 Å². The van der Waals surface area contributed by atoms with Gasteiger partial charge in [0, 0.05) is 5.41 Å². The van der Waals surface area contributed by atoms with E-state index < -0.39 is 8.32 Å². The van der Waals surface area contributed by atoms with Gasteiger partial charge < -0.3 is 9.53 Å². The first-order chi connectivity index (χ1) is 18.9. The first-order valence-electron chi connectivity index (χ1n) is 15.3. The molecule has 0 aliphatic heterocycles. The van der Waals surface area contributed by atoms with Gasteiger partial charge >= 0.3 is 0 Å². The van der Waals surface area contributed by atoms with Crippen LogP contribution in [-0.2, 0) is 4.43 Å². The average Bonchev–Trinajstić information content (AvgIpc) is 2.96. The second kappa shape index (κ2) is 15.5. The van der Waals surface area contributed by atoms with E-state index in [4.69, 9.17) is 4.43 Å². The Balaban J connectivity index is 1.96. The molecule has 0 saturated heterocycles. The molecule has 1 unspecified atom stereocenters. The SMILES string of the molecule is CCCCCC=CCC(C=CC=CC1(CO)CCCCC1)O[Si](c1ccccc1)(c1ccccc1)C(C)(C)C. The van der Waals surface area contributed by atoms with Gasteiger partial charge in [-0.25, -0.2) is 0 Å². The highest BCUT2D eigenvalue weighted by Crippen LogP contribution is 2.39. The van der Waals surface area contributed by atoms with E-state index in [0.29, 0.717) is 0 Å². The third-order valence-corrected chi connectivity index (χ3v) is 13.4. The lowest BCUT2D eigenvalue weighted by atomic mass is 9.74. The lowest BCUT2D eigenvalue weighted by molar-refractivity contribution is 0.127. The summed E-state index contributed by atoms with van der Waals surface area (Å²) in [5.74, 6) is 0. The third-order valence-electron chi connectivity index (χ3n) is 8.31. The quantitative estimate of drug-likeness (QED) is 0.112. The smallest absolute Gasteiger partial charge is 0.261 e. The Morgan fingerprint density at radius 3 is 2.03 bits per heavy atom. The molecular formula is C36H52O2Si. The van der Waals surface area contributed by atoms with Gasteiger partial charge in [0.05, 0.1) is 12.7 Å². The highest BCUT2D eigenvalue weighted by atomic mass is 28.4. The molecule has 0 aromatic heterocycles. The summed E-state index contributed by atoms with van der Waals surface area (Å²) in [5.41, 5.74) is -0.0594. The van der Waals surface area contributed by atoms with Crippen molar-refractivity contribution in [1.29, 1.82) is 0 Å². The zero-order valence-corrected chi connectivity index (χ0v) is 25.9. The minimum atomic E-state index is -2.66. The van der Waals surface area contributed by atoms with Crippen molar-refractivity contribution in [3.8, 4) is 0 Å². The van der Waals surface area contributed by atoms with Crippen molar-refractivity contribution >= 4 is 18.7 Å². The summed E-state index contributed by atoms with van der Waals surface area (Å²) in [4.78, 5) is 0. The second-order valence-corrected chi connectivity index (χ2v) is 16.6. The average molecular weight is 545 g/mol. The first-order valence-corrected chi connectivity index (χ1v) is 17.2. The van der Waals surface area contributed by atoms with Gasteiger partial charge in [0.15, 0.2) is 0 Å². The van der Waals surface area contributed by atoms with Crippen LogP contribution in [0.3, 0.4) is 0 Å². The highest BCUT2D eigenvalue weighted by molar-refractivity contribution is 6.99. The van der Waals surface area contributed by atoms with Gasteiger partial charge in [-0.1, -0.05) is 157 Å². The summed E-state index contributed by atoms with van der Waals surface area (Å²) in [6.45, 7) is 9.52. The fraction of sp³-hybridized carbons (Fsp3) is 0.500. The van der Waals surface area contributed by atoms with Crippen molar-refractivity contribution in [3.05, 3.63) is 97.1 Å². The predicted octanol–water partition coefficient (Wildman–Crippen LogP) is 8.51. The Kier molecular flexibility index (Phi) is 12.5. The number of rotatable bonds is 14. The molecule has 3 heteroatoms. The van der Waals surface area contributed by atoms with Crippen molar-refractivity contribution in [3.63, 3.8) is 0 Å². The van der Waals surface area contributed by atoms with Gasteiger partial charge in [0.2, 0.25) is 0 Å². The molecule has 0 bridgehead atoms. The molecule has 39 heavy (non-hydrogen) atoms. The molecule has 1 N–H and O–H groups in total. The lowest BCUT2D eigenvalue weighted by Crippen LogP contribution is -2.67. The molecule has 0 spiro atoms. The Hall–Kier alpha value is -2.20. The van der Waals surface area contributed by atoms with Gasteiger partial charge in [0.1, 0.15) is 0 Å². The third kappa shape index (κ3) is 8.64. The largest absolute Gasteiger partial charge is 0.401 e. The molecule has 1 atom stereocenters. The molecule has 0 heterocycles. The molecule has 2 nitrogen and oxygen atoms in total. The Morgan fingerprint density at radius 2 is 1.49 bits per heavy atom. The Labute approximate surface area is 240 Å². The van der Waals surface area contributed by atoms with Crippen LogP contribution in [0.15, 0.2) is 97.1 Å².